The number of aliphatic hydroxyl groups is 1. The molecule has 2 aliphatic carbocycles. The minimum absolute atomic E-state index is 0.00165. The van der Waals surface area contributed by atoms with E-state index < -0.39 is 0 Å². The maximum atomic E-state index is 13.7. The quantitative estimate of drug-likeness (QED) is 0.223. The standard InChI is InChI=1S/C35H38N6O3/c1-39-33-27(14-24(16-30(33)44-2)35(43)41-18-22-12-13-28(41)31(22)36)38-34(39)29-15-21-7-5-9-26(32(21)40(29)17-20-10-11-20)37-25-8-4-3-6-23(25)19-42/h3-9,14-16,20,22,28,31,37,42H,10-13,17-19,36H2,1-2H3/t22-,28-,31-/m1/s1. The number of hydrogen-bond donors (Lipinski definition) is 3. The van der Waals surface area contributed by atoms with Crippen molar-refractivity contribution in [2.75, 3.05) is 19.0 Å². The number of rotatable bonds is 8. The SMILES string of the molecule is COc1cc(C(=O)N2C[C@H]3CC[C@@H]2[C@@H]3N)cc2nc(-c3cc4cccc(Nc5ccccc5CO)c4n3CC3CC3)n(C)c12. The normalized spacial score (nSPS) is 21.1. The van der Waals surface area contributed by atoms with E-state index in [0.717, 1.165) is 76.3 Å². The molecular formula is C35H38N6O3. The lowest BCUT2D eigenvalue weighted by molar-refractivity contribution is 0.0700. The van der Waals surface area contributed by atoms with Crippen LogP contribution in [0.4, 0.5) is 11.4 Å². The highest BCUT2D eigenvalue weighted by Crippen LogP contribution is 2.41. The number of aryl methyl sites for hydroxylation is 1. The zero-order valence-corrected chi connectivity index (χ0v) is 25.2. The first-order valence-electron chi connectivity index (χ1n) is 15.6. The lowest BCUT2D eigenvalue weighted by Gasteiger charge is -2.27. The van der Waals surface area contributed by atoms with Crippen molar-refractivity contribution >= 4 is 39.2 Å². The number of likely N-dealkylation sites (tertiary alicyclic amines) is 1. The molecule has 3 atom stereocenters. The topological polar surface area (TPSA) is 111 Å². The molecule has 1 aliphatic heterocycles. The van der Waals surface area contributed by atoms with Crippen LogP contribution in [0.2, 0.25) is 0 Å². The van der Waals surface area contributed by atoms with Gasteiger partial charge in [-0.25, -0.2) is 4.98 Å². The van der Waals surface area contributed by atoms with Crippen LogP contribution in [-0.2, 0) is 20.2 Å². The Morgan fingerprint density at radius 3 is 2.59 bits per heavy atom. The number of imidazole rings is 1. The summed E-state index contributed by atoms with van der Waals surface area (Å²) >= 11 is 0. The minimum atomic E-state index is -0.0362. The number of piperidine rings is 1. The van der Waals surface area contributed by atoms with E-state index >= 15 is 0 Å². The summed E-state index contributed by atoms with van der Waals surface area (Å²) in [6.07, 6.45) is 4.50. The molecule has 3 heterocycles. The van der Waals surface area contributed by atoms with Crippen molar-refractivity contribution in [1.82, 2.24) is 19.0 Å². The monoisotopic (exact) mass is 590 g/mol. The van der Waals surface area contributed by atoms with Crippen LogP contribution in [0.3, 0.4) is 0 Å². The van der Waals surface area contributed by atoms with Crippen molar-refractivity contribution < 1.29 is 14.6 Å². The second-order valence-electron chi connectivity index (χ2n) is 12.7. The lowest BCUT2D eigenvalue weighted by Crippen LogP contribution is -2.41. The van der Waals surface area contributed by atoms with E-state index in [9.17, 15) is 9.90 Å². The summed E-state index contributed by atoms with van der Waals surface area (Å²) in [6, 6.07) is 20.3. The second-order valence-corrected chi connectivity index (χ2v) is 12.7. The number of nitrogens with zero attached hydrogens (tertiary/aromatic N) is 4. The molecule has 44 heavy (non-hydrogen) atoms. The molecule has 226 valence electrons. The molecule has 5 aromatic rings. The van der Waals surface area contributed by atoms with Gasteiger partial charge in [0, 0.05) is 54.4 Å². The summed E-state index contributed by atoms with van der Waals surface area (Å²) in [5.41, 5.74) is 13.5. The first kappa shape index (κ1) is 27.2. The molecule has 4 N–H and O–H groups in total. The maximum Gasteiger partial charge on any atom is 0.254 e. The number of nitrogens with two attached hydrogens (primary N) is 1. The molecule has 9 heteroatoms. The molecule has 3 aromatic carbocycles. The van der Waals surface area contributed by atoms with Crippen LogP contribution >= 0.6 is 0 Å². The Labute approximate surface area is 256 Å². The number of aromatic nitrogens is 3. The van der Waals surface area contributed by atoms with Crippen molar-refractivity contribution in [3.8, 4) is 17.3 Å². The molecule has 3 aliphatic rings. The number of aliphatic hydroxyl groups excluding tert-OH is 1. The van der Waals surface area contributed by atoms with Crippen LogP contribution in [0.1, 0.15) is 41.6 Å². The lowest BCUT2D eigenvalue weighted by atomic mass is 10.1. The molecular weight excluding hydrogens is 552 g/mol. The Morgan fingerprint density at radius 2 is 1.86 bits per heavy atom. The third-order valence-corrected chi connectivity index (χ3v) is 10.1. The number of fused-ring (bicyclic) bond motifs is 4. The van der Waals surface area contributed by atoms with E-state index in [0.29, 0.717) is 23.1 Å². The van der Waals surface area contributed by atoms with Gasteiger partial charge in [-0.15, -0.1) is 0 Å². The second kappa shape index (κ2) is 10.4. The smallest absolute Gasteiger partial charge is 0.254 e. The summed E-state index contributed by atoms with van der Waals surface area (Å²) in [5.74, 6) is 2.47. The van der Waals surface area contributed by atoms with Gasteiger partial charge in [-0.2, -0.15) is 0 Å². The fourth-order valence-electron chi connectivity index (χ4n) is 7.55. The van der Waals surface area contributed by atoms with Gasteiger partial charge in [-0.3, -0.25) is 4.79 Å². The Bertz CT molecular complexity index is 1920. The predicted molar refractivity (Wildman–Crippen MR) is 172 cm³/mol. The van der Waals surface area contributed by atoms with E-state index in [-0.39, 0.29) is 24.6 Å². The number of amides is 1. The highest BCUT2D eigenvalue weighted by Gasteiger charge is 2.47. The van der Waals surface area contributed by atoms with Crippen molar-refractivity contribution in [2.24, 2.45) is 24.6 Å². The average molecular weight is 591 g/mol. The molecule has 9 nitrogen and oxygen atoms in total. The molecule has 2 bridgehead atoms. The highest BCUT2D eigenvalue weighted by atomic mass is 16.5. The number of hydrogen-bond acceptors (Lipinski definition) is 6. The third-order valence-electron chi connectivity index (χ3n) is 10.1. The number of benzene rings is 3. The predicted octanol–water partition coefficient (Wildman–Crippen LogP) is 5.41. The summed E-state index contributed by atoms with van der Waals surface area (Å²) in [7, 11) is 3.67. The van der Waals surface area contributed by atoms with Gasteiger partial charge >= 0.3 is 0 Å². The first-order chi connectivity index (χ1) is 21.4. The fourth-order valence-corrected chi connectivity index (χ4v) is 7.55. The summed E-state index contributed by atoms with van der Waals surface area (Å²) in [6.45, 7) is 1.57. The molecule has 1 amide bonds. The van der Waals surface area contributed by atoms with Crippen molar-refractivity contribution in [2.45, 2.75) is 50.9 Å². The third kappa shape index (κ3) is 4.29. The summed E-state index contributed by atoms with van der Waals surface area (Å²) < 4.78 is 10.3. The van der Waals surface area contributed by atoms with Gasteiger partial charge in [0.2, 0.25) is 0 Å². The van der Waals surface area contributed by atoms with E-state index in [1.54, 1.807) is 7.11 Å². The van der Waals surface area contributed by atoms with Gasteiger partial charge < -0.3 is 34.9 Å². The maximum absolute atomic E-state index is 13.7. The van der Waals surface area contributed by atoms with Crippen LogP contribution in [0, 0.1) is 11.8 Å². The average Bonchev–Trinajstić information content (AvgIpc) is 3.42. The van der Waals surface area contributed by atoms with Crippen molar-refractivity contribution in [3.05, 3.63) is 71.8 Å². The first-order valence-corrected chi connectivity index (χ1v) is 15.6. The van der Waals surface area contributed by atoms with Gasteiger partial charge in [0.25, 0.3) is 5.91 Å². The molecule has 0 unspecified atom stereocenters. The number of anilines is 2. The largest absolute Gasteiger partial charge is 0.494 e. The van der Waals surface area contributed by atoms with Gasteiger partial charge in [0.05, 0.1) is 36.1 Å². The van der Waals surface area contributed by atoms with Gasteiger partial charge in [-0.1, -0.05) is 30.3 Å². The number of nitrogens with one attached hydrogen (secondary N) is 1. The number of para-hydroxylation sites is 2. The van der Waals surface area contributed by atoms with Crippen molar-refractivity contribution in [1.29, 1.82) is 0 Å². The van der Waals surface area contributed by atoms with Crippen LogP contribution in [-0.4, -0.2) is 55.8 Å². The number of methoxy groups -OCH3 is 1. The highest BCUT2D eigenvalue weighted by molar-refractivity contribution is 6.01. The van der Waals surface area contributed by atoms with E-state index in [1.165, 1.54) is 12.8 Å². The molecule has 1 saturated heterocycles. The van der Waals surface area contributed by atoms with Crippen LogP contribution in [0.15, 0.2) is 60.7 Å². The van der Waals surface area contributed by atoms with E-state index in [1.807, 2.05) is 48.3 Å². The Hall–Kier alpha value is -4.34. The number of carbonyl (C=O) groups is 1. The molecule has 0 spiro atoms. The van der Waals surface area contributed by atoms with E-state index in [2.05, 4.69) is 38.7 Å². The Balaban J connectivity index is 1.25. The number of carbonyl (C=O) groups excluding carboxylic acids is 1. The van der Waals surface area contributed by atoms with Crippen molar-refractivity contribution in [3.63, 3.8) is 0 Å². The van der Waals surface area contributed by atoms with Gasteiger partial charge in [-0.05, 0) is 67.9 Å². The van der Waals surface area contributed by atoms with Gasteiger partial charge in [0.1, 0.15) is 11.3 Å². The minimum Gasteiger partial charge on any atom is -0.494 e. The molecule has 8 rings (SSSR count). The van der Waals surface area contributed by atoms with Crippen LogP contribution in [0.25, 0.3) is 33.5 Å². The molecule has 0 radical (unpaired) electrons. The zero-order chi connectivity index (χ0) is 30.1. The van der Waals surface area contributed by atoms with E-state index in [4.69, 9.17) is 15.5 Å². The van der Waals surface area contributed by atoms with Gasteiger partial charge in [0.15, 0.2) is 5.82 Å². The Kier molecular flexibility index (Phi) is 6.43. The Morgan fingerprint density at radius 1 is 1.05 bits per heavy atom. The van der Waals surface area contributed by atoms with Crippen LogP contribution < -0.4 is 15.8 Å². The molecule has 3 fully saturated rings. The van der Waals surface area contributed by atoms with Crippen LogP contribution in [0.5, 0.6) is 5.75 Å². The molecule has 2 saturated carbocycles. The number of ether oxygens (including phenoxy) is 1. The zero-order valence-electron chi connectivity index (χ0n) is 25.2. The molecule has 2 aromatic heterocycles. The summed E-state index contributed by atoms with van der Waals surface area (Å²) in [4.78, 5) is 20.9. The fraction of sp³-hybridized carbons (Fsp3) is 0.371. The summed E-state index contributed by atoms with van der Waals surface area (Å²) in [5, 5.41) is 14.7.